The molecule has 2 N–H and O–H groups in total. The van der Waals surface area contributed by atoms with Gasteiger partial charge < -0.3 is 9.84 Å². The van der Waals surface area contributed by atoms with Gasteiger partial charge in [0.1, 0.15) is 11.7 Å². The molecule has 1 atom stereocenters. The van der Waals surface area contributed by atoms with Crippen LogP contribution in [0.2, 0.25) is 0 Å². The van der Waals surface area contributed by atoms with Crippen LogP contribution in [-0.2, 0) is 6.42 Å². The summed E-state index contributed by atoms with van der Waals surface area (Å²) in [5.74, 6) is 0.466. The lowest BCUT2D eigenvalue weighted by Crippen LogP contribution is -2.27. The van der Waals surface area contributed by atoms with Gasteiger partial charge in [-0.3, -0.25) is 14.9 Å². The van der Waals surface area contributed by atoms with E-state index in [2.05, 4.69) is 49.7 Å². The van der Waals surface area contributed by atoms with Gasteiger partial charge in [-0.2, -0.15) is 10.1 Å². The fourth-order valence-corrected chi connectivity index (χ4v) is 2.86. The molecule has 0 saturated heterocycles. The van der Waals surface area contributed by atoms with E-state index in [1.165, 1.54) is 5.56 Å². The number of hydrogen-bond donors (Lipinski definition) is 2. The predicted octanol–water partition coefficient (Wildman–Crippen LogP) is 3.58. The van der Waals surface area contributed by atoms with E-state index < -0.39 is 6.04 Å². The Bertz CT molecular complexity index is 1100. The Morgan fingerprint density at radius 2 is 1.90 bits per heavy atom. The van der Waals surface area contributed by atoms with Crippen LogP contribution in [-0.4, -0.2) is 31.2 Å². The van der Waals surface area contributed by atoms with Crippen molar-refractivity contribution in [3.05, 3.63) is 72.0 Å². The van der Waals surface area contributed by atoms with Gasteiger partial charge in [0.05, 0.1) is 5.69 Å². The van der Waals surface area contributed by atoms with E-state index >= 15 is 0 Å². The lowest BCUT2D eigenvalue weighted by molar-refractivity contribution is 0.0927. The van der Waals surface area contributed by atoms with E-state index in [1.807, 2.05) is 12.1 Å². The first-order valence-corrected chi connectivity index (χ1v) is 9.33. The van der Waals surface area contributed by atoms with Crippen LogP contribution in [0.1, 0.15) is 41.8 Å². The first-order valence-electron chi connectivity index (χ1n) is 9.33. The Kier molecular flexibility index (Phi) is 5.15. The number of benzene rings is 1. The van der Waals surface area contributed by atoms with E-state index in [0.717, 1.165) is 17.5 Å². The highest BCUT2D eigenvalue weighted by Crippen LogP contribution is 2.20. The standard InChI is InChI=1S/C21H20N6O2/c1-3-14-4-6-15(7-5-14)17-12-18(26-25-17)20(28)23-13(2)21-24-19(27-29-21)16-8-10-22-11-9-16/h4-13H,3H2,1-2H3,(H,23,28)(H,25,26)/t13-/m0/s1. The highest BCUT2D eigenvalue weighted by molar-refractivity contribution is 5.93. The third kappa shape index (κ3) is 4.06. The number of nitrogens with zero attached hydrogens (tertiary/aromatic N) is 4. The number of H-pyrrole nitrogens is 1. The minimum atomic E-state index is -0.457. The zero-order valence-corrected chi connectivity index (χ0v) is 16.1. The molecule has 4 rings (SSSR count). The third-order valence-electron chi connectivity index (χ3n) is 4.58. The lowest BCUT2D eigenvalue weighted by atomic mass is 10.1. The molecule has 0 bridgehead atoms. The summed E-state index contributed by atoms with van der Waals surface area (Å²) in [6.45, 7) is 3.89. The summed E-state index contributed by atoms with van der Waals surface area (Å²) in [6.07, 6.45) is 4.29. The molecule has 0 fully saturated rings. The number of amides is 1. The van der Waals surface area contributed by atoms with Crippen molar-refractivity contribution in [2.75, 3.05) is 0 Å². The summed E-state index contributed by atoms with van der Waals surface area (Å²) < 4.78 is 5.29. The van der Waals surface area contributed by atoms with Crippen molar-refractivity contribution in [2.24, 2.45) is 0 Å². The zero-order chi connectivity index (χ0) is 20.2. The molecule has 8 heteroatoms. The summed E-state index contributed by atoms with van der Waals surface area (Å²) >= 11 is 0. The molecule has 8 nitrogen and oxygen atoms in total. The first kappa shape index (κ1) is 18.5. The van der Waals surface area contributed by atoms with Crippen LogP contribution >= 0.6 is 0 Å². The normalized spacial score (nSPS) is 11.9. The molecule has 1 aromatic carbocycles. The van der Waals surface area contributed by atoms with Crippen LogP contribution in [0, 0.1) is 0 Å². The molecule has 3 heterocycles. The maximum Gasteiger partial charge on any atom is 0.269 e. The number of pyridine rings is 1. The number of aromatic nitrogens is 5. The number of aryl methyl sites for hydroxylation is 1. The molecule has 0 radical (unpaired) electrons. The quantitative estimate of drug-likeness (QED) is 0.522. The van der Waals surface area contributed by atoms with Gasteiger partial charge in [-0.25, -0.2) is 0 Å². The fraction of sp³-hybridized carbons (Fsp3) is 0.190. The Labute approximate surface area is 167 Å². The molecule has 29 heavy (non-hydrogen) atoms. The third-order valence-corrected chi connectivity index (χ3v) is 4.58. The lowest BCUT2D eigenvalue weighted by Gasteiger charge is -2.07. The van der Waals surface area contributed by atoms with Crippen molar-refractivity contribution in [2.45, 2.75) is 26.3 Å². The molecule has 0 spiro atoms. The van der Waals surface area contributed by atoms with Crippen molar-refractivity contribution in [1.82, 2.24) is 30.6 Å². The Morgan fingerprint density at radius 1 is 1.14 bits per heavy atom. The molecule has 0 aliphatic carbocycles. The topological polar surface area (TPSA) is 110 Å². The van der Waals surface area contributed by atoms with Gasteiger partial charge in [-0.05, 0) is 37.1 Å². The maximum atomic E-state index is 12.6. The highest BCUT2D eigenvalue weighted by atomic mass is 16.5. The van der Waals surface area contributed by atoms with E-state index in [-0.39, 0.29) is 5.91 Å². The van der Waals surface area contributed by atoms with Gasteiger partial charge >= 0.3 is 0 Å². The second-order valence-corrected chi connectivity index (χ2v) is 6.60. The summed E-state index contributed by atoms with van der Waals surface area (Å²) in [5, 5.41) is 13.8. The average Bonchev–Trinajstić information content (AvgIpc) is 3.45. The first-order chi connectivity index (χ1) is 14.1. The van der Waals surface area contributed by atoms with Gasteiger partial charge in [0.25, 0.3) is 5.91 Å². The van der Waals surface area contributed by atoms with Gasteiger partial charge in [0.15, 0.2) is 0 Å². The van der Waals surface area contributed by atoms with E-state index in [1.54, 1.807) is 37.5 Å². The van der Waals surface area contributed by atoms with Crippen LogP contribution in [0.3, 0.4) is 0 Å². The van der Waals surface area contributed by atoms with E-state index in [0.29, 0.717) is 23.1 Å². The number of aromatic amines is 1. The maximum absolute atomic E-state index is 12.6. The molecule has 4 aromatic rings. The number of rotatable bonds is 6. The SMILES string of the molecule is CCc1ccc(-c2cc(C(=O)N[C@@H](C)c3nc(-c4ccncc4)no3)[nH]n2)cc1. The molecule has 0 saturated carbocycles. The Balaban J connectivity index is 1.44. The second kappa shape index (κ2) is 8.05. The van der Waals surface area contributed by atoms with Gasteiger partial charge in [0.2, 0.25) is 11.7 Å². The van der Waals surface area contributed by atoms with Crippen molar-refractivity contribution < 1.29 is 9.32 Å². The summed E-state index contributed by atoms with van der Waals surface area (Å²) in [5.41, 5.74) is 4.07. The molecule has 0 aliphatic heterocycles. The number of carbonyl (C=O) groups is 1. The number of carbonyl (C=O) groups excluding carboxylic acids is 1. The summed E-state index contributed by atoms with van der Waals surface area (Å²) in [7, 11) is 0. The van der Waals surface area contributed by atoms with Crippen LogP contribution in [0.25, 0.3) is 22.6 Å². The van der Waals surface area contributed by atoms with Gasteiger partial charge in [0, 0.05) is 23.5 Å². The highest BCUT2D eigenvalue weighted by Gasteiger charge is 2.19. The van der Waals surface area contributed by atoms with E-state index in [9.17, 15) is 4.79 Å². The summed E-state index contributed by atoms with van der Waals surface area (Å²) in [6, 6.07) is 13.0. The molecule has 0 aliphatic rings. The van der Waals surface area contributed by atoms with Crippen LogP contribution in [0.15, 0.2) is 59.4 Å². The fourth-order valence-electron chi connectivity index (χ4n) is 2.86. The summed E-state index contributed by atoms with van der Waals surface area (Å²) in [4.78, 5) is 20.9. The molecule has 3 aromatic heterocycles. The van der Waals surface area contributed by atoms with Crippen molar-refractivity contribution in [3.8, 4) is 22.6 Å². The van der Waals surface area contributed by atoms with Crippen molar-refractivity contribution in [1.29, 1.82) is 0 Å². The molecule has 1 amide bonds. The number of nitrogens with one attached hydrogen (secondary N) is 2. The largest absolute Gasteiger partial charge is 0.339 e. The molecular formula is C21H20N6O2. The van der Waals surface area contributed by atoms with Gasteiger partial charge in [-0.15, -0.1) is 0 Å². The molecule has 0 unspecified atom stereocenters. The minimum Gasteiger partial charge on any atom is -0.339 e. The Morgan fingerprint density at radius 3 is 2.62 bits per heavy atom. The zero-order valence-electron chi connectivity index (χ0n) is 16.1. The van der Waals surface area contributed by atoms with Crippen LogP contribution in [0.5, 0.6) is 0 Å². The van der Waals surface area contributed by atoms with Crippen molar-refractivity contribution in [3.63, 3.8) is 0 Å². The van der Waals surface area contributed by atoms with Crippen molar-refractivity contribution >= 4 is 5.91 Å². The smallest absolute Gasteiger partial charge is 0.269 e. The second-order valence-electron chi connectivity index (χ2n) is 6.60. The Hall–Kier alpha value is -3.81. The predicted molar refractivity (Wildman–Crippen MR) is 107 cm³/mol. The van der Waals surface area contributed by atoms with Gasteiger partial charge in [-0.1, -0.05) is 36.3 Å². The monoisotopic (exact) mass is 388 g/mol. The molecule has 146 valence electrons. The minimum absolute atomic E-state index is 0.301. The average molecular weight is 388 g/mol. The van der Waals surface area contributed by atoms with Crippen LogP contribution in [0.4, 0.5) is 0 Å². The molecular weight excluding hydrogens is 368 g/mol. The van der Waals surface area contributed by atoms with E-state index in [4.69, 9.17) is 4.52 Å². The number of hydrogen-bond acceptors (Lipinski definition) is 6. The van der Waals surface area contributed by atoms with Crippen LogP contribution < -0.4 is 5.32 Å².